The number of aryl methyl sites for hydroxylation is 2. The third-order valence-corrected chi connectivity index (χ3v) is 4.91. The van der Waals surface area contributed by atoms with Gasteiger partial charge in [-0.05, 0) is 47.0 Å². The Bertz CT molecular complexity index is 423. The van der Waals surface area contributed by atoms with Crippen molar-refractivity contribution in [3.05, 3.63) is 17.7 Å². The minimum atomic E-state index is -1.08. The van der Waals surface area contributed by atoms with Crippen LogP contribution in [0.25, 0.3) is 0 Å². The first-order valence-electron chi connectivity index (χ1n) is 7.33. The van der Waals surface area contributed by atoms with Crippen LogP contribution in [0.1, 0.15) is 65.5 Å². The molecule has 1 rings (SSSR count). The van der Waals surface area contributed by atoms with Gasteiger partial charge in [0.1, 0.15) is 10.6 Å². The summed E-state index contributed by atoms with van der Waals surface area (Å²) in [5.41, 5.74) is 0.962. The molecule has 1 N–H and O–H groups in total. The lowest BCUT2D eigenvalue weighted by Crippen LogP contribution is -2.40. The molecule has 116 valence electrons. The van der Waals surface area contributed by atoms with E-state index in [-0.39, 0.29) is 10.8 Å². The van der Waals surface area contributed by atoms with Gasteiger partial charge in [0, 0.05) is 24.1 Å². The maximum absolute atomic E-state index is 12.1. The van der Waals surface area contributed by atoms with Crippen molar-refractivity contribution in [2.45, 2.75) is 72.2 Å². The average molecular weight is 299 g/mol. The zero-order chi connectivity index (χ0) is 15.5. The lowest BCUT2D eigenvalue weighted by molar-refractivity contribution is 0.509. The van der Waals surface area contributed by atoms with Gasteiger partial charge in [-0.25, -0.2) is 4.98 Å². The topological polar surface area (TPSA) is 52.9 Å². The molecule has 1 aromatic rings. The first-order chi connectivity index (χ1) is 9.11. The molecule has 0 aromatic carbocycles. The molecule has 1 aromatic heterocycles. The number of hydrogen-bond donors (Lipinski definition) is 1. The Morgan fingerprint density at radius 2 is 1.95 bits per heavy atom. The quantitative estimate of drug-likeness (QED) is 0.820. The summed E-state index contributed by atoms with van der Waals surface area (Å²) in [4.78, 5) is 4.59. The van der Waals surface area contributed by atoms with Crippen LogP contribution in [0.2, 0.25) is 0 Å². The van der Waals surface area contributed by atoms with Crippen LogP contribution in [0.3, 0.4) is 0 Å². The highest BCUT2D eigenvalue weighted by Crippen LogP contribution is 2.19. The number of nitrogens with zero attached hydrogens (tertiary/aromatic N) is 2. The van der Waals surface area contributed by atoms with Crippen molar-refractivity contribution in [2.75, 3.05) is 0 Å². The van der Waals surface area contributed by atoms with Crippen LogP contribution in [0.4, 0.5) is 0 Å². The van der Waals surface area contributed by atoms with Crippen molar-refractivity contribution >= 4 is 11.4 Å². The molecule has 20 heavy (non-hydrogen) atoms. The van der Waals surface area contributed by atoms with Gasteiger partial charge in [0.2, 0.25) is 0 Å². The molecular weight excluding hydrogens is 270 g/mol. The van der Waals surface area contributed by atoms with E-state index in [2.05, 4.69) is 34.3 Å². The second-order valence-electron chi connectivity index (χ2n) is 6.81. The van der Waals surface area contributed by atoms with E-state index in [0.29, 0.717) is 5.92 Å². The standard InChI is InChI=1S/C15H29N3OS/c1-11(2)8-9-18-10-14(16-13(18)4)12(3)17-20(19)15(5,6)7/h10-12,17H,8-9H2,1-7H3/t12-,20-/m0/s1. The van der Waals surface area contributed by atoms with E-state index in [4.69, 9.17) is 0 Å². The van der Waals surface area contributed by atoms with E-state index in [1.807, 2.05) is 34.6 Å². The summed E-state index contributed by atoms with van der Waals surface area (Å²) in [6, 6.07) is -0.00550. The van der Waals surface area contributed by atoms with E-state index in [1.54, 1.807) is 0 Å². The SMILES string of the molecule is Cc1nc([C@H](C)N[S@@+]([O-])C(C)(C)C)cn1CCC(C)C. The Labute approximate surface area is 126 Å². The molecule has 0 aliphatic heterocycles. The van der Waals surface area contributed by atoms with Crippen molar-refractivity contribution in [2.24, 2.45) is 5.92 Å². The Morgan fingerprint density at radius 3 is 2.45 bits per heavy atom. The van der Waals surface area contributed by atoms with Crippen LogP contribution < -0.4 is 4.72 Å². The summed E-state index contributed by atoms with van der Waals surface area (Å²) in [6.07, 6.45) is 3.22. The first kappa shape index (κ1) is 17.5. The van der Waals surface area contributed by atoms with Gasteiger partial charge in [0.15, 0.2) is 0 Å². The van der Waals surface area contributed by atoms with Gasteiger partial charge in [-0.15, -0.1) is 4.72 Å². The molecule has 4 nitrogen and oxygen atoms in total. The summed E-state index contributed by atoms with van der Waals surface area (Å²) in [7, 11) is 0. The van der Waals surface area contributed by atoms with Gasteiger partial charge in [0.05, 0.1) is 11.7 Å². The Kier molecular flexibility index (Phi) is 6.10. The van der Waals surface area contributed by atoms with Crippen molar-refractivity contribution < 1.29 is 4.55 Å². The van der Waals surface area contributed by atoms with Gasteiger partial charge < -0.3 is 9.12 Å². The second kappa shape index (κ2) is 6.96. The highest BCUT2D eigenvalue weighted by atomic mass is 32.2. The maximum Gasteiger partial charge on any atom is 0.136 e. The predicted octanol–water partition coefficient (Wildman–Crippen LogP) is 3.35. The molecule has 1 heterocycles. The molecule has 0 spiro atoms. The van der Waals surface area contributed by atoms with Gasteiger partial charge >= 0.3 is 0 Å². The molecule has 0 aliphatic rings. The fourth-order valence-electron chi connectivity index (χ4n) is 1.76. The Morgan fingerprint density at radius 1 is 1.35 bits per heavy atom. The largest absolute Gasteiger partial charge is 0.598 e. The fraction of sp³-hybridized carbons (Fsp3) is 0.800. The molecule has 5 heteroatoms. The lowest BCUT2D eigenvalue weighted by Gasteiger charge is -2.25. The molecule has 0 fully saturated rings. The van der Waals surface area contributed by atoms with Gasteiger partial charge in [-0.2, -0.15) is 0 Å². The number of rotatable bonds is 6. The molecule has 0 radical (unpaired) electrons. The van der Waals surface area contributed by atoms with Crippen LogP contribution in [0.5, 0.6) is 0 Å². The van der Waals surface area contributed by atoms with Crippen LogP contribution >= 0.6 is 0 Å². The smallest absolute Gasteiger partial charge is 0.136 e. The number of nitrogens with one attached hydrogen (secondary N) is 1. The minimum Gasteiger partial charge on any atom is -0.598 e. The molecule has 0 saturated heterocycles. The molecule has 0 aliphatic carbocycles. The zero-order valence-electron chi connectivity index (χ0n) is 13.9. The summed E-state index contributed by atoms with van der Waals surface area (Å²) < 4.78 is 17.2. The van der Waals surface area contributed by atoms with E-state index < -0.39 is 11.4 Å². The third-order valence-electron chi connectivity index (χ3n) is 3.23. The lowest BCUT2D eigenvalue weighted by atomic mass is 10.1. The van der Waals surface area contributed by atoms with Crippen molar-refractivity contribution in [1.29, 1.82) is 0 Å². The second-order valence-corrected chi connectivity index (χ2v) is 8.81. The highest BCUT2D eigenvalue weighted by Gasteiger charge is 2.29. The summed E-state index contributed by atoms with van der Waals surface area (Å²) in [5, 5.41) is 0. The van der Waals surface area contributed by atoms with Gasteiger partial charge in [-0.3, -0.25) is 0 Å². The zero-order valence-corrected chi connectivity index (χ0v) is 14.7. The third kappa shape index (κ3) is 5.11. The average Bonchev–Trinajstić information content (AvgIpc) is 2.66. The molecule has 0 unspecified atom stereocenters. The number of imidazole rings is 1. The van der Waals surface area contributed by atoms with Gasteiger partial charge in [0.25, 0.3) is 0 Å². The minimum absolute atomic E-state index is 0.00550. The van der Waals surface area contributed by atoms with Crippen molar-refractivity contribution in [3.63, 3.8) is 0 Å². The van der Waals surface area contributed by atoms with Crippen LogP contribution in [0, 0.1) is 12.8 Å². The fourth-order valence-corrected chi connectivity index (χ4v) is 2.56. The van der Waals surface area contributed by atoms with Gasteiger partial charge in [-0.1, -0.05) is 13.8 Å². The summed E-state index contributed by atoms with van der Waals surface area (Å²) in [6.45, 7) is 15.4. The molecule has 0 bridgehead atoms. The van der Waals surface area contributed by atoms with Crippen LogP contribution in [-0.2, 0) is 17.9 Å². The van der Waals surface area contributed by atoms with E-state index in [9.17, 15) is 4.55 Å². The van der Waals surface area contributed by atoms with E-state index in [1.165, 1.54) is 0 Å². The first-order valence-corrected chi connectivity index (χ1v) is 8.48. The number of hydrogen-bond acceptors (Lipinski definition) is 3. The summed E-state index contributed by atoms with van der Waals surface area (Å²) >= 11 is -1.08. The monoisotopic (exact) mass is 299 g/mol. The normalized spacial score (nSPS) is 15.7. The predicted molar refractivity (Wildman–Crippen MR) is 85.9 cm³/mol. The Hall–Kier alpha value is -0.520. The molecule has 0 amide bonds. The molecule has 2 atom stereocenters. The van der Waals surface area contributed by atoms with Crippen LogP contribution in [-0.4, -0.2) is 18.9 Å². The van der Waals surface area contributed by atoms with Crippen LogP contribution in [0.15, 0.2) is 6.20 Å². The van der Waals surface area contributed by atoms with E-state index >= 15 is 0 Å². The highest BCUT2D eigenvalue weighted by molar-refractivity contribution is 7.90. The van der Waals surface area contributed by atoms with E-state index in [0.717, 1.165) is 24.5 Å². The van der Waals surface area contributed by atoms with Crippen molar-refractivity contribution in [3.8, 4) is 0 Å². The Balaban J connectivity index is 2.70. The molecule has 0 saturated carbocycles. The van der Waals surface area contributed by atoms with Crippen molar-refractivity contribution in [1.82, 2.24) is 14.3 Å². The summed E-state index contributed by atoms with van der Waals surface area (Å²) in [5.74, 6) is 1.71. The molecular formula is C15H29N3OS. The maximum atomic E-state index is 12.1. The number of aromatic nitrogens is 2.